The third-order valence-electron chi connectivity index (χ3n) is 5.33. The van der Waals surface area contributed by atoms with Gasteiger partial charge in [-0.25, -0.2) is 4.79 Å². The highest BCUT2D eigenvalue weighted by molar-refractivity contribution is 7.86. The van der Waals surface area contributed by atoms with Crippen LogP contribution in [-0.4, -0.2) is 39.2 Å². The lowest BCUT2D eigenvalue weighted by Crippen LogP contribution is -1.99. The summed E-state index contributed by atoms with van der Waals surface area (Å²) >= 11 is 0. The Labute approximate surface area is 218 Å². The molecule has 0 saturated heterocycles. The number of hydrogen-bond donors (Lipinski definition) is 5. The van der Waals surface area contributed by atoms with Crippen LogP contribution in [-0.2, 0) is 10.1 Å². The van der Waals surface area contributed by atoms with Crippen molar-refractivity contribution in [2.24, 2.45) is 20.5 Å². The molecule has 198 valence electrons. The van der Waals surface area contributed by atoms with E-state index in [0.29, 0.717) is 0 Å². The monoisotopic (exact) mass is 552 g/mol. The number of anilines is 1. The van der Waals surface area contributed by atoms with Gasteiger partial charge in [-0.15, -0.1) is 20.5 Å². The van der Waals surface area contributed by atoms with Crippen molar-refractivity contribution in [2.45, 2.75) is 4.90 Å². The van der Waals surface area contributed by atoms with Crippen LogP contribution in [0.25, 0.3) is 10.8 Å². The molecule has 39 heavy (non-hydrogen) atoms. The Bertz CT molecular complexity index is 1840. The number of nitrogen functional groups attached to an aromatic ring is 1. The molecule has 0 radical (unpaired) electrons. The van der Waals surface area contributed by atoms with Crippen LogP contribution in [0.1, 0.15) is 10.4 Å². The molecule has 0 atom stereocenters. The number of phenolic OH excluding ortho intramolecular Hbond substituents is 2. The normalized spacial score (nSPS) is 11.9. The first-order chi connectivity index (χ1) is 18.4. The van der Waals surface area contributed by atoms with E-state index in [-0.39, 0.29) is 33.4 Å². The molecule has 0 bridgehead atoms. The summed E-state index contributed by atoms with van der Waals surface area (Å²) in [5, 5.41) is 56.2. The second-order valence-electron chi connectivity index (χ2n) is 7.80. The number of carbonyl (C=O) groups is 1. The van der Waals surface area contributed by atoms with Crippen molar-refractivity contribution in [1.29, 1.82) is 0 Å². The third-order valence-corrected chi connectivity index (χ3v) is 6.20. The van der Waals surface area contributed by atoms with Crippen molar-refractivity contribution < 1.29 is 38.0 Å². The van der Waals surface area contributed by atoms with E-state index in [1.165, 1.54) is 36.4 Å². The number of azo groups is 2. The molecule has 0 aliphatic rings. The zero-order valence-electron chi connectivity index (χ0n) is 19.3. The van der Waals surface area contributed by atoms with Gasteiger partial charge in [-0.1, -0.05) is 12.1 Å². The number of nitro groups is 1. The van der Waals surface area contributed by atoms with Crippen LogP contribution in [0.3, 0.4) is 0 Å². The maximum atomic E-state index is 12.2. The molecule has 0 fully saturated rings. The van der Waals surface area contributed by atoms with Crippen molar-refractivity contribution in [3.05, 3.63) is 76.3 Å². The summed E-state index contributed by atoms with van der Waals surface area (Å²) < 4.78 is 34.3. The van der Waals surface area contributed by atoms with Gasteiger partial charge in [-0.2, -0.15) is 8.42 Å². The van der Waals surface area contributed by atoms with Gasteiger partial charge in [0.15, 0.2) is 5.75 Å². The lowest BCUT2D eigenvalue weighted by atomic mass is 10.1. The first kappa shape index (κ1) is 26.6. The zero-order chi connectivity index (χ0) is 28.5. The Morgan fingerprint density at radius 3 is 2.21 bits per heavy atom. The van der Waals surface area contributed by atoms with Crippen molar-refractivity contribution in [2.75, 3.05) is 5.73 Å². The number of phenols is 2. The SMILES string of the molecule is Nc1ccc2c(O)c(N=Nc3cc([N+](=O)[O-])ccc3O)c(S(=O)(=O)O)cc2c1N=Nc1ccccc1C(=O)O. The molecule has 6 N–H and O–H groups in total. The van der Waals surface area contributed by atoms with E-state index in [4.69, 9.17) is 5.73 Å². The second-order valence-corrected chi connectivity index (χ2v) is 9.19. The van der Waals surface area contributed by atoms with Crippen LogP contribution >= 0.6 is 0 Å². The van der Waals surface area contributed by atoms with Crippen LogP contribution in [0.2, 0.25) is 0 Å². The summed E-state index contributed by atoms with van der Waals surface area (Å²) in [5.74, 6) is -2.60. The molecule has 0 aliphatic carbocycles. The summed E-state index contributed by atoms with van der Waals surface area (Å²) in [6.07, 6.45) is 0. The minimum absolute atomic E-state index is 0.0318. The van der Waals surface area contributed by atoms with E-state index in [1.54, 1.807) is 0 Å². The summed E-state index contributed by atoms with van der Waals surface area (Å²) in [6, 6.07) is 12.0. The molecule has 0 aromatic heterocycles. The quantitative estimate of drug-likeness (QED) is 0.0631. The number of rotatable bonds is 7. The van der Waals surface area contributed by atoms with Crippen molar-refractivity contribution >= 4 is 61.0 Å². The van der Waals surface area contributed by atoms with Crippen molar-refractivity contribution in [1.82, 2.24) is 0 Å². The van der Waals surface area contributed by atoms with Crippen molar-refractivity contribution in [3.63, 3.8) is 0 Å². The van der Waals surface area contributed by atoms with Crippen LogP contribution in [0.15, 0.2) is 86.0 Å². The highest BCUT2D eigenvalue weighted by atomic mass is 32.2. The molecular weight excluding hydrogens is 536 g/mol. The van der Waals surface area contributed by atoms with E-state index in [1.807, 2.05) is 0 Å². The minimum atomic E-state index is -5.07. The van der Waals surface area contributed by atoms with Gasteiger partial charge in [-0.05, 0) is 36.4 Å². The summed E-state index contributed by atoms with van der Waals surface area (Å²) in [7, 11) is -5.07. The van der Waals surface area contributed by atoms with Gasteiger partial charge in [0, 0.05) is 22.9 Å². The van der Waals surface area contributed by atoms with Gasteiger partial charge < -0.3 is 21.1 Å². The number of carboxylic acids is 1. The van der Waals surface area contributed by atoms with Crippen LogP contribution in [0.5, 0.6) is 11.5 Å². The Morgan fingerprint density at radius 2 is 1.54 bits per heavy atom. The van der Waals surface area contributed by atoms with Crippen LogP contribution in [0.4, 0.5) is 34.1 Å². The van der Waals surface area contributed by atoms with E-state index >= 15 is 0 Å². The molecule has 0 unspecified atom stereocenters. The fraction of sp³-hybridized carbons (Fsp3) is 0. The van der Waals surface area contributed by atoms with Gasteiger partial charge >= 0.3 is 5.97 Å². The number of fused-ring (bicyclic) bond motifs is 1. The summed E-state index contributed by atoms with van der Waals surface area (Å²) in [6.45, 7) is 0. The Hall–Kier alpha value is -5.48. The average Bonchev–Trinajstić information content (AvgIpc) is 2.87. The predicted octanol–water partition coefficient (Wildman–Crippen LogP) is 5.52. The standard InChI is InChI=1S/C23H16N6O9S/c24-15-7-6-12-14(20(15)27-25-16-4-2-1-3-13(16)23(32)33)10-19(39(36,37)38)21(22(12)31)28-26-17-9-11(29(34)35)5-8-18(17)30/h1-10,30-31H,24H2,(H,32,33)(H,36,37,38). The lowest BCUT2D eigenvalue weighted by molar-refractivity contribution is -0.384. The number of nitro benzene ring substituents is 1. The molecule has 0 spiro atoms. The largest absolute Gasteiger partial charge is 0.506 e. The molecule has 0 aliphatic heterocycles. The third kappa shape index (κ3) is 5.31. The number of hydrogen-bond acceptors (Lipinski definition) is 12. The first-order valence-corrected chi connectivity index (χ1v) is 12.0. The summed E-state index contributed by atoms with van der Waals surface area (Å²) in [5.41, 5.74) is 3.97. The summed E-state index contributed by atoms with van der Waals surface area (Å²) in [4.78, 5) is 20.8. The molecule has 0 heterocycles. The molecule has 15 nitrogen and oxygen atoms in total. The van der Waals surface area contributed by atoms with Gasteiger partial charge in [0.1, 0.15) is 33.4 Å². The number of nitrogens with zero attached hydrogens (tertiary/aromatic N) is 5. The minimum Gasteiger partial charge on any atom is -0.506 e. The van der Waals surface area contributed by atoms with Gasteiger partial charge in [0.05, 0.1) is 16.2 Å². The lowest BCUT2D eigenvalue weighted by Gasteiger charge is -2.11. The first-order valence-electron chi connectivity index (χ1n) is 10.6. The highest BCUT2D eigenvalue weighted by Crippen LogP contribution is 2.46. The predicted molar refractivity (Wildman–Crippen MR) is 136 cm³/mol. The average molecular weight is 552 g/mol. The number of benzene rings is 4. The Morgan fingerprint density at radius 1 is 0.872 bits per heavy atom. The van der Waals surface area contributed by atoms with Crippen molar-refractivity contribution in [3.8, 4) is 11.5 Å². The number of carboxylic acid groups (broad SMARTS) is 1. The topological polar surface area (TPSA) is 251 Å². The van der Waals surface area contributed by atoms with Gasteiger partial charge in [0.25, 0.3) is 15.8 Å². The maximum Gasteiger partial charge on any atom is 0.337 e. The van der Waals surface area contributed by atoms with Crippen LogP contribution < -0.4 is 5.73 Å². The molecule has 16 heteroatoms. The molecule has 4 aromatic carbocycles. The van der Waals surface area contributed by atoms with E-state index in [9.17, 15) is 43.2 Å². The smallest absolute Gasteiger partial charge is 0.337 e. The fourth-order valence-corrected chi connectivity index (χ4v) is 4.13. The number of non-ortho nitro benzene ring substituents is 1. The molecule has 4 rings (SSSR count). The molecule has 4 aromatic rings. The number of nitrogens with two attached hydrogens (primary N) is 1. The molecular formula is C23H16N6O9S. The maximum absolute atomic E-state index is 12.2. The van der Waals surface area contributed by atoms with E-state index in [2.05, 4.69) is 20.5 Å². The second kappa shape index (κ2) is 10.1. The molecule has 0 saturated carbocycles. The van der Waals surface area contributed by atoms with E-state index < -0.39 is 54.5 Å². The number of aromatic hydroxyl groups is 2. The Kier molecular flexibility index (Phi) is 6.89. The molecule has 0 amide bonds. The highest BCUT2D eigenvalue weighted by Gasteiger charge is 2.24. The van der Waals surface area contributed by atoms with Gasteiger partial charge in [-0.3, -0.25) is 14.7 Å². The zero-order valence-corrected chi connectivity index (χ0v) is 20.1. The van der Waals surface area contributed by atoms with Gasteiger partial charge in [0.2, 0.25) is 0 Å². The Balaban J connectivity index is 1.93. The fourth-order valence-electron chi connectivity index (χ4n) is 3.48. The number of aromatic carboxylic acids is 1. The van der Waals surface area contributed by atoms with E-state index in [0.717, 1.165) is 24.3 Å². The van der Waals surface area contributed by atoms with Crippen LogP contribution in [0, 0.1) is 10.1 Å².